The zero-order valence-electron chi connectivity index (χ0n) is 11.1. The van der Waals surface area contributed by atoms with E-state index in [2.05, 4.69) is 0 Å². The number of hydrogen-bond donors (Lipinski definition) is 3. The molecular formula is C15H12O6. The fourth-order valence-electron chi connectivity index (χ4n) is 3.31. The molecule has 2 aliphatic carbocycles. The van der Waals surface area contributed by atoms with Crippen LogP contribution in [0.25, 0.3) is 0 Å². The van der Waals surface area contributed by atoms with Gasteiger partial charge in [-0.3, -0.25) is 9.59 Å². The number of ether oxygens (including phenoxy) is 1. The number of benzene rings is 1. The van der Waals surface area contributed by atoms with Crippen LogP contribution in [0, 0.1) is 0 Å². The van der Waals surface area contributed by atoms with Gasteiger partial charge < -0.3 is 20.1 Å². The van der Waals surface area contributed by atoms with Gasteiger partial charge in [-0.1, -0.05) is 0 Å². The highest BCUT2D eigenvalue weighted by molar-refractivity contribution is 6.29. The predicted molar refractivity (Wildman–Crippen MR) is 69.4 cm³/mol. The van der Waals surface area contributed by atoms with E-state index in [1.165, 1.54) is 6.07 Å². The minimum Gasteiger partial charge on any atom is -0.507 e. The molecule has 0 radical (unpaired) electrons. The van der Waals surface area contributed by atoms with Crippen molar-refractivity contribution in [3.8, 4) is 11.5 Å². The van der Waals surface area contributed by atoms with Crippen LogP contribution >= 0.6 is 0 Å². The van der Waals surface area contributed by atoms with E-state index in [0.717, 1.165) is 6.07 Å². The molecule has 1 fully saturated rings. The number of rotatable bonds is 0. The van der Waals surface area contributed by atoms with Gasteiger partial charge in [-0.05, 0) is 19.1 Å². The molecule has 1 saturated heterocycles. The third kappa shape index (κ3) is 1.33. The molecule has 3 atom stereocenters. The Balaban J connectivity index is 1.98. The average molecular weight is 288 g/mol. The molecule has 0 aromatic heterocycles. The molecule has 1 heterocycles. The molecule has 6 heteroatoms. The van der Waals surface area contributed by atoms with Crippen LogP contribution < -0.4 is 0 Å². The number of phenolic OH excluding ortho intramolecular Hbond substituents is 2. The molecule has 1 aromatic carbocycles. The molecule has 1 aromatic rings. The maximum atomic E-state index is 12.6. The molecule has 0 saturated carbocycles. The van der Waals surface area contributed by atoms with E-state index in [1.807, 2.05) is 0 Å². The Kier molecular flexibility index (Phi) is 2.11. The van der Waals surface area contributed by atoms with Crippen molar-refractivity contribution >= 4 is 11.6 Å². The molecule has 21 heavy (non-hydrogen) atoms. The van der Waals surface area contributed by atoms with E-state index in [9.17, 15) is 24.9 Å². The summed E-state index contributed by atoms with van der Waals surface area (Å²) >= 11 is 0. The van der Waals surface area contributed by atoms with E-state index in [1.54, 1.807) is 6.92 Å². The van der Waals surface area contributed by atoms with Gasteiger partial charge >= 0.3 is 0 Å². The SMILES string of the molecule is C[C@]12O[C@H]1CC1=C(C(=O)c3c(O)ccc(O)c3C1=O)[C@@H]2O. The number of ketones is 2. The highest BCUT2D eigenvalue weighted by Crippen LogP contribution is 2.53. The third-order valence-corrected chi connectivity index (χ3v) is 4.64. The molecular weight excluding hydrogens is 276 g/mol. The van der Waals surface area contributed by atoms with Gasteiger partial charge in [-0.15, -0.1) is 0 Å². The first kappa shape index (κ1) is 12.6. The number of aliphatic hydroxyl groups excluding tert-OH is 1. The van der Waals surface area contributed by atoms with Crippen molar-refractivity contribution in [2.24, 2.45) is 0 Å². The van der Waals surface area contributed by atoms with Gasteiger partial charge in [-0.25, -0.2) is 0 Å². The van der Waals surface area contributed by atoms with Crippen LogP contribution in [0.1, 0.15) is 34.1 Å². The molecule has 0 bridgehead atoms. The van der Waals surface area contributed by atoms with E-state index < -0.39 is 23.3 Å². The number of fused-ring (bicyclic) bond motifs is 2. The van der Waals surface area contributed by atoms with Gasteiger partial charge in [0.2, 0.25) is 0 Å². The minimum atomic E-state index is -1.21. The monoisotopic (exact) mass is 288 g/mol. The van der Waals surface area contributed by atoms with E-state index in [-0.39, 0.29) is 46.3 Å². The summed E-state index contributed by atoms with van der Waals surface area (Å²) in [6.45, 7) is 1.68. The second-order valence-corrected chi connectivity index (χ2v) is 5.80. The summed E-state index contributed by atoms with van der Waals surface area (Å²) in [5.74, 6) is -1.91. The van der Waals surface area contributed by atoms with Crippen molar-refractivity contribution in [2.75, 3.05) is 0 Å². The summed E-state index contributed by atoms with van der Waals surface area (Å²) in [6.07, 6.45) is -1.29. The minimum absolute atomic E-state index is 0.0235. The summed E-state index contributed by atoms with van der Waals surface area (Å²) in [4.78, 5) is 25.1. The van der Waals surface area contributed by atoms with Gasteiger partial charge in [-0.2, -0.15) is 0 Å². The van der Waals surface area contributed by atoms with Crippen molar-refractivity contribution in [2.45, 2.75) is 31.2 Å². The summed E-state index contributed by atoms with van der Waals surface area (Å²) in [7, 11) is 0. The highest BCUT2D eigenvalue weighted by atomic mass is 16.6. The van der Waals surface area contributed by atoms with E-state index in [0.29, 0.717) is 0 Å². The lowest BCUT2D eigenvalue weighted by Crippen LogP contribution is -2.41. The van der Waals surface area contributed by atoms with Gasteiger partial charge in [0.15, 0.2) is 11.6 Å². The first-order valence-corrected chi connectivity index (χ1v) is 6.59. The van der Waals surface area contributed by atoms with Crippen LogP contribution in [0.5, 0.6) is 11.5 Å². The van der Waals surface area contributed by atoms with Crippen molar-refractivity contribution in [3.63, 3.8) is 0 Å². The molecule has 0 amide bonds. The predicted octanol–water partition coefficient (Wildman–Crippen LogP) is 0.695. The standard InChI is InChI=1S/C15H12O6/c1-15-8(21-15)4-5-9(14(15)20)13(19)11-7(17)3-2-6(16)10(11)12(5)18/h2-3,8,14,16-17,20H,4H2,1H3/t8-,14-,15-/m0/s1. The largest absolute Gasteiger partial charge is 0.507 e. The number of carbonyl (C=O) groups excluding carboxylic acids is 2. The van der Waals surface area contributed by atoms with Crippen LogP contribution in [-0.4, -0.2) is 44.7 Å². The Morgan fingerprint density at radius 2 is 1.71 bits per heavy atom. The molecule has 6 nitrogen and oxygen atoms in total. The summed E-state index contributed by atoms with van der Waals surface area (Å²) < 4.78 is 5.40. The number of epoxide rings is 1. The summed E-state index contributed by atoms with van der Waals surface area (Å²) in [6, 6.07) is 2.32. The van der Waals surface area contributed by atoms with Gasteiger partial charge in [0.25, 0.3) is 0 Å². The Morgan fingerprint density at radius 3 is 2.33 bits per heavy atom. The molecule has 3 N–H and O–H groups in total. The first-order chi connectivity index (χ1) is 9.86. The number of Topliss-reactive ketones (excluding diaryl/α,β-unsaturated/α-hetero) is 2. The number of phenols is 2. The van der Waals surface area contributed by atoms with Crippen molar-refractivity contribution in [1.82, 2.24) is 0 Å². The Hall–Kier alpha value is -2.18. The topological polar surface area (TPSA) is 107 Å². The Bertz CT molecular complexity index is 762. The average Bonchev–Trinajstić information content (AvgIpc) is 3.11. The smallest absolute Gasteiger partial charge is 0.196 e. The molecule has 0 spiro atoms. The lowest BCUT2D eigenvalue weighted by atomic mass is 9.72. The quantitative estimate of drug-likeness (QED) is 0.479. The van der Waals surface area contributed by atoms with Gasteiger partial charge in [0, 0.05) is 17.6 Å². The van der Waals surface area contributed by atoms with E-state index in [4.69, 9.17) is 4.74 Å². The normalized spacial score (nSPS) is 33.4. The highest BCUT2D eigenvalue weighted by Gasteiger charge is 2.64. The first-order valence-electron chi connectivity index (χ1n) is 6.59. The zero-order chi connectivity index (χ0) is 15.1. The van der Waals surface area contributed by atoms with Crippen molar-refractivity contribution in [1.29, 1.82) is 0 Å². The molecule has 1 aliphatic heterocycles. The number of aliphatic hydroxyl groups is 1. The lowest BCUT2D eigenvalue weighted by molar-refractivity contribution is 0.0829. The van der Waals surface area contributed by atoms with Crippen LogP contribution in [0.4, 0.5) is 0 Å². The van der Waals surface area contributed by atoms with Crippen LogP contribution in [-0.2, 0) is 4.74 Å². The van der Waals surface area contributed by atoms with Gasteiger partial charge in [0.1, 0.15) is 23.2 Å². The molecule has 3 aliphatic rings. The van der Waals surface area contributed by atoms with Crippen LogP contribution in [0.2, 0.25) is 0 Å². The van der Waals surface area contributed by atoms with Crippen molar-refractivity contribution < 1.29 is 29.6 Å². The zero-order valence-corrected chi connectivity index (χ0v) is 11.1. The fraction of sp³-hybridized carbons (Fsp3) is 0.333. The van der Waals surface area contributed by atoms with Crippen LogP contribution in [0.3, 0.4) is 0 Å². The number of carbonyl (C=O) groups is 2. The number of hydrogen-bond acceptors (Lipinski definition) is 6. The maximum Gasteiger partial charge on any atom is 0.196 e. The second-order valence-electron chi connectivity index (χ2n) is 5.80. The summed E-state index contributed by atoms with van der Waals surface area (Å²) in [5, 5.41) is 30.1. The number of aromatic hydroxyl groups is 2. The Morgan fingerprint density at radius 1 is 1.14 bits per heavy atom. The molecule has 108 valence electrons. The maximum absolute atomic E-state index is 12.6. The summed E-state index contributed by atoms with van der Waals surface area (Å²) in [5.41, 5.74) is -1.15. The lowest BCUT2D eigenvalue weighted by Gasteiger charge is -2.29. The molecule has 4 rings (SSSR count). The van der Waals surface area contributed by atoms with Crippen molar-refractivity contribution in [3.05, 3.63) is 34.4 Å². The molecule has 0 unspecified atom stereocenters. The van der Waals surface area contributed by atoms with Gasteiger partial charge in [0.05, 0.1) is 17.2 Å². The Labute approximate surface area is 119 Å². The third-order valence-electron chi connectivity index (χ3n) is 4.64. The fourth-order valence-corrected chi connectivity index (χ4v) is 3.31. The second kappa shape index (κ2) is 3.52. The van der Waals surface area contributed by atoms with Crippen LogP contribution in [0.15, 0.2) is 23.3 Å². The van der Waals surface area contributed by atoms with E-state index >= 15 is 0 Å².